The topological polar surface area (TPSA) is 17.1 Å². The molecule has 0 aliphatic rings. The van der Waals surface area contributed by atoms with Crippen molar-refractivity contribution in [3.05, 3.63) is 60.8 Å². The van der Waals surface area contributed by atoms with Crippen molar-refractivity contribution in [2.24, 2.45) is 0 Å². The molecule has 1 nitrogen and oxygen atoms in total. The first-order chi connectivity index (χ1) is 10.8. The quantitative estimate of drug-likeness (QED) is 0.280. The number of carbonyl (C=O) groups is 1. The van der Waals surface area contributed by atoms with E-state index >= 15 is 0 Å². The van der Waals surface area contributed by atoms with E-state index in [9.17, 15) is 4.79 Å². The Hall–Kier alpha value is -1.63. The Labute approximate surface area is 137 Å². The highest BCUT2D eigenvalue weighted by Gasteiger charge is 1.89. The largest absolute Gasteiger partial charge is 0.300 e. The number of allylic oxidation sites excluding steroid dienone is 10. The van der Waals surface area contributed by atoms with Gasteiger partial charge in [0.25, 0.3) is 0 Å². The van der Waals surface area contributed by atoms with Gasteiger partial charge in [-0.3, -0.25) is 0 Å². The van der Waals surface area contributed by atoms with Crippen LogP contribution in [0.5, 0.6) is 0 Å². The normalized spacial score (nSPS) is 12.8. The summed E-state index contributed by atoms with van der Waals surface area (Å²) in [6, 6.07) is 0. The average molecular weight is 300 g/mol. The maximum atomic E-state index is 10.8. The minimum atomic E-state index is 0.285. The van der Waals surface area contributed by atoms with Crippen LogP contribution < -0.4 is 0 Å². The van der Waals surface area contributed by atoms with Crippen LogP contribution in [0.4, 0.5) is 0 Å². The molecule has 0 heterocycles. The molecule has 0 aromatic rings. The second kappa shape index (κ2) is 17.4. The minimum absolute atomic E-state index is 0.285. The standard InChI is InChI=1S/C21H32O/c1-3-4-5-6-7-8-9-10-11-12-13-14-15-16-17-18-19-20-21(2)22/h4-5,7-8,10-11,13-14,16-17H,3,6,9,12,15,18-20H2,1-2H3. The molecule has 22 heavy (non-hydrogen) atoms. The molecular weight excluding hydrogens is 268 g/mol. The van der Waals surface area contributed by atoms with Crippen molar-refractivity contribution in [2.45, 2.75) is 65.2 Å². The summed E-state index contributed by atoms with van der Waals surface area (Å²) in [6.07, 6.45) is 29.8. The second-order valence-electron chi connectivity index (χ2n) is 5.30. The Morgan fingerprint density at radius 1 is 0.682 bits per heavy atom. The van der Waals surface area contributed by atoms with E-state index in [1.165, 1.54) is 0 Å². The van der Waals surface area contributed by atoms with Gasteiger partial charge in [0, 0.05) is 6.42 Å². The minimum Gasteiger partial charge on any atom is -0.300 e. The Morgan fingerprint density at radius 3 is 1.50 bits per heavy atom. The van der Waals surface area contributed by atoms with Crippen LogP contribution >= 0.6 is 0 Å². The number of ketones is 1. The van der Waals surface area contributed by atoms with Crippen molar-refractivity contribution in [3.63, 3.8) is 0 Å². The second-order valence-corrected chi connectivity index (χ2v) is 5.30. The van der Waals surface area contributed by atoms with Crippen molar-refractivity contribution in [1.29, 1.82) is 0 Å². The van der Waals surface area contributed by atoms with E-state index in [4.69, 9.17) is 0 Å². The van der Waals surface area contributed by atoms with Gasteiger partial charge in [0.05, 0.1) is 0 Å². The van der Waals surface area contributed by atoms with Crippen LogP contribution in [0.3, 0.4) is 0 Å². The lowest BCUT2D eigenvalue weighted by Gasteiger charge is -1.90. The van der Waals surface area contributed by atoms with E-state index in [2.05, 4.69) is 67.7 Å². The fraction of sp³-hybridized carbons (Fsp3) is 0.476. The third kappa shape index (κ3) is 18.4. The number of unbranched alkanes of at least 4 members (excludes halogenated alkanes) is 1. The molecule has 0 amide bonds. The molecule has 0 N–H and O–H groups in total. The zero-order chi connectivity index (χ0) is 16.3. The lowest BCUT2D eigenvalue weighted by atomic mass is 10.2. The van der Waals surface area contributed by atoms with Crippen LogP contribution in [0.1, 0.15) is 65.2 Å². The SMILES string of the molecule is CCC=CCC=CCC=CCC=CCC=CCCCC(C)=O. The van der Waals surface area contributed by atoms with E-state index in [0.717, 1.165) is 44.9 Å². The van der Waals surface area contributed by atoms with Crippen LogP contribution in [0.2, 0.25) is 0 Å². The summed E-state index contributed by atoms with van der Waals surface area (Å²) in [5.74, 6) is 0.285. The first-order valence-electron chi connectivity index (χ1n) is 8.51. The predicted octanol–water partition coefficient (Wildman–Crippen LogP) is 6.50. The molecule has 0 unspecified atom stereocenters. The Morgan fingerprint density at radius 2 is 1.09 bits per heavy atom. The van der Waals surface area contributed by atoms with Crippen LogP contribution in [-0.2, 0) is 4.79 Å². The summed E-state index contributed by atoms with van der Waals surface area (Å²) >= 11 is 0. The molecule has 0 saturated carbocycles. The van der Waals surface area contributed by atoms with E-state index in [-0.39, 0.29) is 5.78 Å². The molecule has 0 aromatic carbocycles. The first kappa shape index (κ1) is 20.4. The number of carbonyl (C=O) groups excluding carboxylic acids is 1. The Bertz CT molecular complexity index is 394. The smallest absolute Gasteiger partial charge is 0.129 e. The molecule has 0 spiro atoms. The number of Topliss-reactive ketones (excluding diaryl/α,β-unsaturated/α-hetero) is 1. The Balaban J connectivity index is 3.46. The third-order valence-corrected chi connectivity index (χ3v) is 3.06. The van der Waals surface area contributed by atoms with Gasteiger partial charge in [-0.2, -0.15) is 0 Å². The van der Waals surface area contributed by atoms with Gasteiger partial charge in [-0.05, 0) is 51.9 Å². The van der Waals surface area contributed by atoms with Gasteiger partial charge in [-0.15, -0.1) is 0 Å². The molecule has 0 radical (unpaired) electrons. The molecule has 0 rings (SSSR count). The van der Waals surface area contributed by atoms with Gasteiger partial charge >= 0.3 is 0 Å². The fourth-order valence-electron chi connectivity index (χ4n) is 1.84. The lowest BCUT2D eigenvalue weighted by Crippen LogP contribution is -1.87. The zero-order valence-corrected chi connectivity index (χ0v) is 14.3. The van der Waals surface area contributed by atoms with Crippen molar-refractivity contribution in [2.75, 3.05) is 0 Å². The summed E-state index contributed by atoms with van der Waals surface area (Å²) in [5, 5.41) is 0. The van der Waals surface area contributed by atoms with Crippen LogP contribution in [0, 0.1) is 0 Å². The molecule has 0 aliphatic carbocycles. The monoisotopic (exact) mass is 300 g/mol. The van der Waals surface area contributed by atoms with E-state index < -0.39 is 0 Å². The molecule has 0 atom stereocenters. The first-order valence-corrected chi connectivity index (χ1v) is 8.51. The highest BCUT2D eigenvalue weighted by molar-refractivity contribution is 5.75. The van der Waals surface area contributed by atoms with E-state index in [1.54, 1.807) is 6.92 Å². The average Bonchev–Trinajstić information content (AvgIpc) is 2.50. The molecular formula is C21H32O. The molecule has 0 aliphatic heterocycles. The van der Waals surface area contributed by atoms with Crippen molar-refractivity contribution < 1.29 is 4.79 Å². The maximum absolute atomic E-state index is 10.8. The summed E-state index contributed by atoms with van der Waals surface area (Å²) < 4.78 is 0. The van der Waals surface area contributed by atoms with Crippen LogP contribution in [-0.4, -0.2) is 5.78 Å². The van der Waals surface area contributed by atoms with Gasteiger partial charge < -0.3 is 4.79 Å². The molecule has 0 fully saturated rings. The van der Waals surface area contributed by atoms with Crippen LogP contribution in [0.15, 0.2) is 60.8 Å². The van der Waals surface area contributed by atoms with E-state index in [0.29, 0.717) is 6.42 Å². The molecule has 1 heteroatoms. The molecule has 122 valence electrons. The zero-order valence-electron chi connectivity index (χ0n) is 14.3. The fourth-order valence-corrected chi connectivity index (χ4v) is 1.84. The van der Waals surface area contributed by atoms with Gasteiger partial charge in [0.2, 0.25) is 0 Å². The summed E-state index contributed by atoms with van der Waals surface area (Å²) in [5.41, 5.74) is 0. The Kier molecular flexibility index (Phi) is 16.1. The van der Waals surface area contributed by atoms with Gasteiger partial charge in [0.1, 0.15) is 5.78 Å². The number of hydrogen-bond donors (Lipinski definition) is 0. The summed E-state index contributed by atoms with van der Waals surface area (Å²) in [6.45, 7) is 3.81. The van der Waals surface area contributed by atoms with Crippen molar-refractivity contribution >= 4 is 5.78 Å². The van der Waals surface area contributed by atoms with Gasteiger partial charge in [-0.25, -0.2) is 0 Å². The lowest BCUT2D eigenvalue weighted by molar-refractivity contribution is -0.117. The molecule has 0 aromatic heterocycles. The van der Waals surface area contributed by atoms with E-state index in [1.807, 2.05) is 0 Å². The predicted molar refractivity (Wildman–Crippen MR) is 99.0 cm³/mol. The van der Waals surface area contributed by atoms with Gasteiger partial charge in [-0.1, -0.05) is 67.7 Å². The highest BCUT2D eigenvalue weighted by atomic mass is 16.1. The van der Waals surface area contributed by atoms with Crippen LogP contribution in [0.25, 0.3) is 0 Å². The van der Waals surface area contributed by atoms with Crippen molar-refractivity contribution in [1.82, 2.24) is 0 Å². The molecule has 0 bridgehead atoms. The maximum Gasteiger partial charge on any atom is 0.129 e. The third-order valence-electron chi connectivity index (χ3n) is 3.06. The summed E-state index contributed by atoms with van der Waals surface area (Å²) in [7, 11) is 0. The van der Waals surface area contributed by atoms with Crippen molar-refractivity contribution in [3.8, 4) is 0 Å². The summed E-state index contributed by atoms with van der Waals surface area (Å²) in [4.78, 5) is 10.8. The number of rotatable bonds is 13. The highest BCUT2D eigenvalue weighted by Crippen LogP contribution is 1.99. The number of hydrogen-bond acceptors (Lipinski definition) is 1. The molecule has 0 saturated heterocycles. The van der Waals surface area contributed by atoms with Gasteiger partial charge in [0.15, 0.2) is 0 Å².